The maximum Gasteiger partial charge on any atom is 0.192 e. The average molecular weight is 525 g/mol. The third kappa shape index (κ3) is 5.42. The molecule has 208 valence electrons. The van der Waals surface area contributed by atoms with Gasteiger partial charge in [0.2, 0.25) is 0 Å². The number of hydrogen-bond acceptors (Lipinski definition) is 6. The van der Waals surface area contributed by atoms with Crippen molar-refractivity contribution in [1.29, 1.82) is 0 Å². The SMILES string of the molecule is CC[Si](CC)(CC)OC(C)(C)CCCC1(C)C(O)CC2(CC=C(C)C)C(OC)=CC(=O)C1[C@]2(O)OC. The van der Waals surface area contributed by atoms with Crippen molar-refractivity contribution >= 4 is 14.1 Å². The molecule has 2 N–H and O–H groups in total. The molecule has 2 aliphatic carbocycles. The number of carbonyl (C=O) groups excluding carboxylic acids is 1. The quantitative estimate of drug-likeness (QED) is 0.171. The lowest BCUT2D eigenvalue weighted by molar-refractivity contribution is -0.336. The van der Waals surface area contributed by atoms with Crippen LogP contribution in [0.2, 0.25) is 18.1 Å². The van der Waals surface area contributed by atoms with Gasteiger partial charge in [-0.25, -0.2) is 0 Å². The summed E-state index contributed by atoms with van der Waals surface area (Å²) in [5.41, 5.74) is -1.09. The predicted molar refractivity (Wildman–Crippen MR) is 147 cm³/mol. The Morgan fingerprint density at radius 1 is 1.19 bits per heavy atom. The fourth-order valence-electron chi connectivity index (χ4n) is 6.86. The molecule has 0 aromatic rings. The Kier molecular flexibility index (Phi) is 9.89. The van der Waals surface area contributed by atoms with E-state index in [-0.39, 0.29) is 17.8 Å². The van der Waals surface area contributed by atoms with E-state index in [9.17, 15) is 15.0 Å². The Bertz CT molecular complexity index is 834. The van der Waals surface area contributed by atoms with Gasteiger partial charge < -0.3 is 24.1 Å². The van der Waals surface area contributed by atoms with Gasteiger partial charge in [0, 0.05) is 18.6 Å². The first-order chi connectivity index (χ1) is 16.7. The van der Waals surface area contributed by atoms with Gasteiger partial charge >= 0.3 is 0 Å². The van der Waals surface area contributed by atoms with E-state index in [1.807, 2.05) is 26.8 Å². The Hall–Kier alpha value is -0.993. The van der Waals surface area contributed by atoms with Crippen molar-refractivity contribution in [1.82, 2.24) is 0 Å². The molecule has 1 saturated carbocycles. The normalized spacial score (nSPS) is 32.8. The van der Waals surface area contributed by atoms with Crippen molar-refractivity contribution < 1.29 is 28.9 Å². The first-order valence-corrected chi connectivity index (χ1v) is 16.3. The van der Waals surface area contributed by atoms with Crippen LogP contribution in [0.5, 0.6) is 0 Å². The molecule has 2 bridgehead atoms. The molecule has 0 aliphatic heterocycles. The smallest absolute Gasteiger partial charge is 0.192 e. The number of ketones is 1. The van der Waals surface area contributed by atoms with E-state index in [0.717, 1.165) is 36.5 Å². The molecule has 0 amide bonds. The number of ether oxygens (including phenoxy) is 2. The maximum atomic E-state index is 13.5. The highest BCUT2D eigenvalue weighted by Gasteiger charge is 2.72. The lowest BCUT2D eigenvalue weighted by Gasteiger charge is -2.62. The molecule has 0 aromatic heterocycles. The van der Waals surface area contributed by atoms with Gasteiger partial charge in [0.05, 0.1) is 30.1 Å². The molecule has 0 radical (unpaired) electrons. The standard InChI is InChI=1S/C29H52O6Si/c1-11-36(12-2,13-3)35-26(6,7)16-14-17-27(8)23(31)20-28(18-15-21(4)5)24(33-9)19-22(30)25(27)29(28,32)34-10/h15,19,23,25,31-32H,11-14,16-18,20H2,1-10H3/t23?,25?,27?,28?,29-/m0/s1. The van der Waals surface area contributed by atoms with Crippen LogP contribution in [0.25, 0.3) is 0 Å². The van der Waals surface area contributed by atoms with Gasteiger partial charge in [-0.2, -0.15) is 0 Å². The summed E-state index contributed by atoms with van der Waals surface area (Å²) < 4.78 is 18.3. The molecule has 4 unspecified atom stereocenters. The van der Waals surface area contributed by atoms with Crippen molar-refractivity contribution in [3.8, 4) is 0 Å². The van der Waals surface area contributed by atoms with Crippen LogP contribution in [0.4, 0.5) is 0 Å². The second-order valence-corrected chi connectivity index (χ2v) is 16.9. The van der Waals surface area contributed by atoms with Gasteiger partial charge in [-0.15, -0.1) is 0 Å². The van der Waals surface area contributed by atoms with E-state index in [4.69, 9.17) is 13.9 Å². The summed E-state index contributed by atoms with van der Waals surface area (Å²) in [6.45, 7) is 16.9. The van der Waals surface area contributed by atoms with Crippen LogP contribution in [0, 0.1) is 16.7 Å². The molecule has 0 aromatic carbocycles. The largest absolute Gasteiger partial charge is 0.500 e. The fourth-order valence-corrected chi connectivity index (χ4v) is 10.1. The first kappa shape index (κ1) is 31.2. The molecule has 1 fully saturated rings. The van der Waals surface area contributed by atoms with Gasteiger partial charge in [0.15, 0.2) is 19.9 Å². The molecular weight excluding hydrogens is 472 g/mol. The van der Waals surface area contributed by atoms with Crippen LogP contribution in [0.15, 0.2) is 23.5 Å². The number of aliphatic hydroxyl groups excluding tert-OH is 1. The Labute approximate surface area is 220 Å². The summed E-state index contributed by atoms with van der Waals surface area (Å²) >= 11 is 0. The summed E-state index contributed by atoms with van der Waals surface area (Å²) in [4.78, 5) is 13.5. The number of aliphatic hydroxyl groups is 2. The molecule has 6 nitrogen and oxygen atoms in total. The topological polar surface area (TPSA) is 85.2 Å². The minimum absolute atomic E-state index is 0.249. The molecule has 7 heteroatoms. The highest BCUT2D eigenvalue weighted by molar-refractivity contribution is 6.73. The summed E-state index contributed by atoms with van der Waals surface area (Å²) in [7, 11) is 1.20. The van der Waals surface area contributed by atoms with E-state index in [1.54, 1.807) is 0 Å². The zero-order valence-electron chi connectivity index (χ0n) is 24.5. The summed E-state index contributed by atoms with van der Waals surface area (Å²) in [5, 5.41) is 23.7. The van der Waals surface area contributed by atoms with E-state index in [0.29, 0.717) is 18.6 Å². The minimum atomic E-state index is -1.79. The first-order valence-electron chi connectivity index (χ1n) is 13.8. The van der Waals surface area contributed by atoms with Crippen molar-refractivity contribution in [2.45, 2.75) is 123 Å². The second-order valence-electron chi connectivity index (χ2n) is 12.2. The molecule has 0 saturated heterocycles. The molecule has 2 rings (SSSR count). The monoisotopic (exact) mass is 524 g/mol. The van der Waals surface area contributed by atoms with Crippen LogP contribution in [0.1, 0.15) is 87.5 Å². The van der Waals surface area contributed by atoms with Crippen LogP contribution >= 0.6 is 0 Å². The molecule has 0 heterocycles. The van der Waals surface area contributed by atoms with Crippen LogP contribution in [-0.2, 0) is 18.7 Å². The van der Waals surface area contributed by atoms with E-state index in [2.05, 4.69) is 34.6 Å². The Morgan fingerprint density at radius 3 is 2.25 bits per heavy atom. The molecule has 5 atom stereocenters. The number of rotatable bonds is 13. The second kappa shape index (κ2) is 11.4. The maximum absolute atomic E-state index is 13.5. The lowest BCUT2D eigenvalue weighted by Crippen LogP contribution is -2.71. The zero-order valence-corrected chi connectivity index (χ0v) is 25.5. The van der Waals surface area contributed by atoms with Crippen molar-refractivity contribution in [3.05, 3.63) is 23.5 Å². The van der Waals surface area contributed by atoms with Crippen LogP contribution in [-0.4, -0.2) is 56.0 Å². The Morgan fingerprint density at radius 2 is 1.78 bits per heavy atom. The summed E-state index contributed by atoms with van der Waals surface area (Å²) in [6.07, 6.45) is 5.57. The number of fused-ring (bicyclic) bond motifs is 2. The van der Waals surface area contributed by atoms with E-state index < -0.39 is 37.0 Å². The number of methoxy groups -OCH3 is 2. The predicted octanol–water partition coefficient (Wildman–Crippen LogP) is 6.13. The summed E-state index contributed by atoms with van der Waals surface area (Å²) in [6, 6.07) is 3.29. The van der Waals surface area contributed by atoms with Gasteiger partial charge in [-0.3, -0.25) is 4.79 Å². The Balaban J connectivity index is 2.39. The van der Waals surface area contributed by atoms with Gasteiger partial charge in [0.25, 0.3) is 0 Å². The third-order valence-electron chi connectivity index (χ3n) is 9.38. The van der Waals surface area contributed by atoms with E-state index >= 15 is 0 Å². The van der Waals surface area contributed by atoms with Crippen LogP contribution < -0.4 is 0 Å². The molecule has 0 spiro atoms. The summed E-state index contributed by atoms with van der Waals surface area (Å²) in [5.74, 6) is -2.57. The molecular formula is C29H52O6Si. The van der Waals surface area contributed by atoms with Gasteiger partial charge in [-0.1, -0.05) is 39.3 Å². The molecule has 36 heavy (non-hydrogen) atoms. The van der Waals surface area contributed by atoms with Gasteiger partial charge in [-0.05, 0) is 77.9 Å². The number of hydrogen-bond donors (Lipinski definition) is 2. The van der Waals surface area contributed by atoms with Crippen molar-refractivity contribution in [2.75, 3.05) is 14.2 Å². The van der Waals surface area contributed by atoms with Crippen LogP contribution in [0.3, 0.4) is 0 Å². The van der Waals surface area contributed by atoms with E-state index in [1.165, 1.54) is 20.3 Å². The average Bonchev–Trinajstić information content (AvgIpc) is 2.82. The lowest BCUT2D eigenvalue weighted by atomic mass is 9.47. The zero-order chi connectivity index (χ0) is 27.6. The van der Waals surface area contributed by atoms with Gasteiger partial charge in [0.1, 0.15) is 5.76 Å². The van der Waals surface area contributed by atoms with Crippen molar-refractivity contribution in [2.24, 2.45) is 16.7 Å². The highest BCUT2D eigenvalue weighted by atomic mass is 28.4. The highest BCUT2D eigenvalue weighted by Crippen LogP contribution is 2.64. The minimum Gasteiger partial charge on any atom is -0.500 e. The van der Waals surface area contributed by atoms with Crippen molar-refractivity contribution in [3.63, 3.8) is 0 Å². The molecule has 2 aliphatic rings. The fraction of sp³-hybridized carbons (Fsp3) is 0.828. The third-order valence-corrected chi connectivity index (χ3v) is 14.2. The number of carbonyl (C=O) groups is 1. The number of allylic oxidation sites excluding steroid dienone is 3.